The van der Waals surface area contributed by atoms with Crippen LogP contribution in [0.15, 0.2) is 0 Å². The van der Waals surface area contributed by atoms with E-state index in [-0.39, 0.29) is 5.54 Å². The van der Waals surface area contributed by atoms with Crippen molar-refractivity contribution in [2.75, 3.05) is 11.0 Å². The fourth-order valence-electron chi connectivity index (χ4n) is 1.08. The van der Waals surface area contributed by atoms with Crippen LogP contribution in [0.4, 0.5) is 4.79 Å². The Balaban J connectivity index is 4.04. The molecule has 3 nitrogen and oxygen atoms in total. The highest BCUT2D eigenvalue weighted by molar-refractivity contribution is 14.1. The van der Waals surface area contributed by atoms with E-state index in [2.05, 4.69) is 22.6 Å². The minimum absolute atomic E-state index is 0.281. The number of halogens is 1. The van der Waals surface area contributed by atoms with Crippen LogP contribution >= 0.6 is 22.6 Å². The molecule has 0 aromatic carbocycles. The average Bonchev–Trinajstić information content (AvgIpc) is 1.94. The van der Waals surface area contributed by atoms with Crippen LogP contribution in [0.25, 0.3) is 0 Å². The molecule has 1 amide bonds. The summed E-state index contributed by atoms with van der Waals surface area (Å²) in [5, 5.41) is 8.93. The van der Waals surface area contributed by atoms with Crippen LogP contribution in [0.3, 0.4) is 0 Å². The number of nitrogens with zero attached hydrogens (tertiary/aromatic N) is 1. The molecule has 4 heteroatoms. The Bertz CT molecular complexity index is 165. The smallest absolute Gasteiger partial charge is 0.407 e. The first-order valence-electron chi connectivity index (χ1n) is 4.46. The molecule has 0 saturated heterocycles. The lowest BCUT2D eigenvalue weighted by molar-refractivity contribution is 0.0995. The molecule has 0 heterocycles. The second-order valence-corrected chi connectivity index (χ2v) is 5.08. The van der Waals surface area contributed by atoms with E-state index < -0.39 is 6.09 Å². The second-order valence-electron chi connectivity index (χ2n) is 4.00. The zero-order valence-corrected chi connectivity index (χ0v) is 10.7. The third-order valence-corrected chi connectivity index (χ3v) is 2.57. The molecule has 0 aromatic heterocycles. The first-order valence-corrected chi connectivity index (χ1v) is 5.98. The molecule has 78 valence electrons. The maximum atomic E-state index is 10.9. The van der Waals surface area contributed by atoms with Gasteiger partial charge in [0, 0.05) is 12.1 Å². The summed E-state index contributed by atoms with van der Waals surface area (Å²) in [6.45, 7) is 6.41. The van der Waals surface area contributed by atoms with Gasteiger partial charge in [-0.2, -0.15) is 0 Å². The molecule has 1 N–H and O–H groups in total. The Morgan fingerprint density at radius 2 is 1.92 bits per heavy atom. The van der Waals surface area contributed by atoms with Gasteiger partial charge in [0.05, 0.1) is 0 Å². The summed E-state index contributed by atoms with van der Waals surface area (Å²) in [6, 6.07) is 0. The van der Waals surface area contributed by atoms with E-state index in [0.717, 1.165) is 17.3 Å². The number of carbonyl (C=O) groups is 1. The number of hydrogen-bond acceptors (Lipinski definition) is 1. The second kappa shape index (κ2) is 5.67. The molecule has 0 radical (unpaired) electrons. The first-order chi connectivity index (χ1) is 5.89. The van der Waals surface area contributed by atoms with Crippen molar-refractivity contribution in [1.82, 2.24) is 4.90 Å². The van der Waals surface area contributed by atoms with Crippen LogP contribution in [0.5, 0.6) is 0 Å². The molecule has 0 aliphatic heterocycles. The zero-order chi connectivity index (χ0) is 10.5. The molecule has 0 saturated carbocycles. The summed E-state index contributed by atoms with van der Waals surface area (Å²) in [5.74, 6) is 0. The van der Waals surface area contributed by atoms with Gasteiger partial charge in [-0.05, 0) is 38.0 Å². The standard InChI is InChI=1S/C9H18INO2/c1-9(2,3)11(8(12)13)7-5-4-6-10/h4-7H2,1-3H3,(H,12,13). The molecule has 0 unspecified atom stereocenters. The number of hydrogen-bond donors (Lipinski definition) is 1. The summed E-state index contributed by atoms with van der Waals surface area (Å²) >= 11 is 2.31. The maximum Gasteiger partial charge on any atom is 0.407 e. The van der Waals surface area contributed by atoms with Crippen molar-refractivity contribution in [3.8, 4) is 0 Å². The van der Waals surface area contributed by atoms with Gasteiger partial charge in [-0.25, -0.2) is 4.79 Å². The van der Waals surface area contributed by atoms with E-state index in [1.807, 2.05) is 20.8 Å². The molecule has 0 rings (SSSR count). The molecule has 0 atom stereocenters. The minimum atomic E-state index is -0.819. The molecule has 0 aromatic rings. The fraction of sp³-hybridized carbons (Fsp3) is 0.889. The van der Waals surface area contributed by atoms with Crippen molar-refractivity contribution in [2.45, 2.75) is 39.2 Å². The number of carboxylic acid groups (broad SMARTS) is 1. The third kappa shape index (κ3) is 5.33. The van der Waals surface area contributed by atoms with Crippen LogP contribution in [-0.4, -0.2) is 32.6 Å². The SMILES string of the molecule is CC(C)(C)N(CCCCI)C(=O)O. The number of alkyl halides is 1. The number of rotatable bonds is 4. The average molecular weight is 299 g/mol. The van der Waals surface area contributed by atoms with E-state index in [1.54, 1.807) is 0 Å². The summed E-state index contributed by atoms with van der Waals surface area (Å²) in [6.07, 6.45) is 1.22. The van der Waals surface area contributed by atoms with Crippen LogP contribution in [-0.2, 0) is 0 Å². The Kier molecular flexibility index (Phi) is 5.67. The van der Waals surface area contributed by atoms with Crippen LogP contribution in [0, 0.1) is 0 Å². The molecular formula is C9H18INO2. The van der Waals surface area contributed by atoms with Crippen molar-refractivity contribution in [3.05, 3.63) is 0 Å². The lowest BCUT2D eigenvalue weighted by atomic mass is 10.1. The van der Waals surface area contributed by atoms with Gasteiger partial charge in [-0.3, -0.25) is 0 Å². The summed E-state index contributed by atoms with van der Waals surface area (Å²) in [5.41, 5.74) is -0.281. The lowest BCUT2D eigenvalue weighted by Crippen LogP contribution is -2.45. The predicted octanol–water partition coefficient (Wildman–Crippen LogP) is 2.98. The van der Waals surface area contributed by atoms with Crippen molar-refractivity contribution in [2.24, 2.45) is 0 Å². The molecule has 0 spiro atoms. The topological polar surface area (TPSA) is 40.5 Å². The minimum Gasteiger partial charge on any atom is -0.465 e. The van der Waals surface area contributed by atoms with Gasteiger partial charge in [0.15, 0.2) is 0 Å². The van der Waals surface area contributed by atoms with Crippen molar-refractivity contribution in [1.29, 1.82) is 0 Å². The van der Waals surface area contributed by atoms with Gasteiger partial charge in [0.25, 0.3) is 0 Å². The van der Waals surface area contributed by atoms with Crippen LogP contribution < -0.4 is 0 Å². The Morgan fingerprint density at radius 3 is 2.23 bits per heavy atom. The Morgan fingerprint density at radius 1 is 1.38 bits per heavy atom. The molecule has 0 fully saturated rings. The summed E-state index contributed by atoms with van der Waals surface area (Å²) < 4.78 is 1.09. The summed E-state index contributed by atoms with van der Waals surface area (Å²) in [4.78, 5) is 12.4. The Labute approximate surface area is 93.6 Å². The highest BCUT2D eigenvalue weighted by Gasteiger charge is 2.24. The molecule has 13 heavy (non-hydrogen) atoms. The highest BCUT2D eigenvalue weighted by Crippen LogP contribution is 2.14. The van der Waals surface area contributed by atoms with Gasteiger partial charge >= 0.3 is 6.09 Å². The van der Waals surface area contributed by atoms with Gasteiger partial charge in [-0.15, -0.1) is 0 Å². The van der Waals surface area contributed by atoms with E-state index >= 15 is 0 Å². The van der Waals surface area contributed by atoms with Crippen LogP contribution in [0.2, 0.25) is 0 Å². The fourth-order valence-corrected chi connectivity index (χ4v) is 1.62. The van der Waals surface area contributed by atoms with Gasteiger partial charge in [0.1, 0.15) is 0 Å². The van der Waals surface area contributed by atoms with E-state index in [9.17, 15) is 4.79 Å². The Hall–Kier alpha value is 0. The van der Waals surface area contributed by atoms with Crippen molar-refractivity contribution >= 4 is 28.7 Å². The van der Waals surface area contributed by atoms with E-state index in [0.29, 0.717) is 6.54 Å². The summed E-state index contributed by atoms with van der Waals surface area (Å²) in [7, 11) is 0. The third-order valence-electron chi connectivity index (χ3n) is 1.81. The molecule has 0 aliphatic rings. The predicted molar refractivity (Wildman–Crippen MR) is 62.6 cm³/mol. The van der Waals surface area contributed by atoms with Gasteiger partial charge in [-0.1, -0.05) is 22.6 Å². The largest absolute Gasteiger partial charge is 0.465 e. The molecular weight excluding hydrogens is 281 g/mol. The lowest BCUT2D eigenvalue weighted by Gasteiger charge is -2.33. The van der Waals surface area contributed by atoms with Gasteiger partial charge < -0.3 is 10.0 Å². The monoisotopic (exact) mass is 299 g/mol. The van der Waals surface area contributed by atoms with Crippen molar-refractivity contribution in [3.63, 3.8) is 0 Å². The highest BCUT2D eigenvalue weighted by atomic mass is 127. The van der Waals surface area contributed by atoms with Gasteiger partial charge in [0.2, 0.25) is 0 Å². The molecule has 0 aliphatic carbocycles. The number of amides is 1. The molecule has 0 bridgehead atoms. The van der Waals surface area contributed by atoms with E-state index in [4.69, 9.17) is 5.11 Å². The van der Waals surface area contributed by atoms with Crippen molar-refractivity contribution < 1.29 is 9.90 Å². The van der Waals surface area contributed by atoms with Crippen LogP contribution in [0.1, 0.15) is 33.6 Å². The normalized spacial score (nSPS) is 11.4. The number of unbranched alkanes of at least 4 members (excludes halogenated alkanes) is 1. The zero-order valence-electron chi connectivity index (χ0n) is 8.51. The van der Waals surface area contributed by atoms with E-state index in [1.165, 1.54) is 4.90 Å². The maximum absolute atomic E-state index is 10.9. The quantitative estimate of drug-likeness (QED) is 0.492. The first kappa shape index (κ1) is 13.0.